The van der Waals surface area contributed by atoms with Crippen LogP contribution >= 0.6 is 0 Å². The van der Waals surface area contributed by atoms with Crippen LogP contribution in [-0.2, 0) is 6.54 Å². The van der Waals surface area contributed by atoms with E-state index in [0.717, 1.165) is 16.6 Å². The van der Waals surface area contributed by atoms with Crippen LogP contribution in [0.3, 0.4) is 0 Å². The molecule has 3 N–H and O–H groups in total. The lowest BCUT2D eigenvalue weighted by Crippen LogP contribution is -2.08. The SMILES string of the molecule is CC(O)c1nc2cc(N)ccc2n1Cc1cccc(F)c1. The Morgan fingerprint density at radius 2 is 2.10 bits per heavy atom. The summed E-state index contributed by atoms with van der Waals surface area (Å²) in [7, 11) is 0. The normalized spacial score (nSPS) is 12.7. The Bertz CT molecular complexity index is 795. The summed E-state index contributed by atoms with van der Waals surface area (Å²) >= 11 is 0. The van der Waals surface area contributed by atoms with E-state index in [9.17, 15) is 9.50 Å². The number of hydrogen-bond acceptors (Lipinski definition) is 3. The first-order chi connectivity index (χ1) is 10.0. The number of nitrogen functional groups attached to an aromatic ring is 1. The van der Waals surface area contributed by atoms with Crippen molar-refractivity contribution in [2.45, 2.75) is 19.6 Å². The minimum atomic E-state index is -0.716. The first kappa shape index (κ1) is 13.6. The van der Waals surface area contributed by atoms with Gasteiger partial charge in [-0.1, -0.05) is 12.1 Å². The highest BCUT2D eigenvalue weighted by Crippen LogP contribution is 2.24. The van der Waals surface area contributed by atoms with Crippen LogP contribution in [0.1, 0.15) is 24.4 Å². The molecule has 1 aromatic heterocycles. The van der Waals surface area contributed by atoms with Gasteiger partial charge in [0, 0.05) is 12.2 Å². The number of nitrogens with two attached hydrogens (primary N) is 1. The lowest BCUT2D eigenvalue weighted by molar-refractivity contribution is 0.185. The minimum Gasteiger partial charge on any atom is -0.399 e. The van der Waals surface area contributed by atoms with E-state index in [1.165, 1.54) is 12.1 Å². The van der Waals surface area contributed by atoms with Gasteiger partial charge in [0.2, 0.25) is 0 Å². The van der Waals surface area contributed by atoms with Crippen LogP contribution in [0, 0.1) is 5.82 Å². The van der Waals surface area contributed by atoms with Crippen LogP contribution < -0.4 is 5.73 Å². The molecule has 4 nitrogen and oxygen atoms in total. The van der Waals surface area contributed by atoms with Crippen molar-refractivity contribution in [3.8, 4) is 0 Å². The molecule has 2 aromatic carbocycles. The van der Waals surface area contributed by atoms with Crippen LogP contribution in [0.2, 0.25) is 0 Å². The zero-order valence-corrected chi connectivity index (χ0v) is 11.6. The summed E-state index contributed by atoms with van der Waals surface area (Å²) in [5.41, 5.74) is 8.79. The number of fused-ring (bicyclic) bond motifs is 1. The van der Waals surface area contributed by atoms with Gasteiger partial charge in [-0.3, -0.25) is 0 Å². The fourth-order valence-corrected chi connectivity index (χ4v) is 2.47. The van der Waals surface area contributed by atoms with Gasteiger partial charge >= 0.3 is 0 Å². The zero-order chi connectivity index (χ0) is 15.0. The molecule has 1 unspecified atom stereocenters. The molecule has 21 heavy (non-hydrogen) atoms. The van der Waals surface area contributed by atoms with E-state index in [1.807, 2.05) is 16.7 Å². The van der Waals surface area contributed by atoms with E-state index < -0.39 is 6.10 Å². The van der Waals surface area contributed by atoms with Gasteiger partial charge in [0.25, 0.3) is 0 Å². The molecular weight excluding hydrogens is 269 g/mol. The predicted molar refractivity (Wildman–Crippen MR) is 80.3 cm³/mol. The fourth-order valence-electron chi connectivity index (χ4n) is 2.47. The van der Waals surface area contributed by atoms with Gasteiger partial charge in [-0.25, -0.2) is 9.37 Å². The summed E-state index contributed by atoms with van der Waals surface area (Å²) in [5, 5.41) is 9.92. The fraction of sp³-hybridized carbons (Fsp3) is 0.188. The molecule has 0 aliphatic carbocycles. The summed E-state index contributed by atoms with van der Waals surface area (Å²) in [5.74, 6) is 0.264. The van der Waals surface area contributed by atoms with E-state index in [0.29, 0.717) is 18.1 Å². The molecule has 0 spiro atoms. The first-order valence-electron chi connectivity index (χ1n) is 6.73. The van der Waals surface area contributed by atoms with Crippen molar-refractivity contribution in [3.63, 3.8) is 0 Å². The maximum atomic E-state index is 13.3. The van der Waals surface area contributed by atoms with Crippen LogP contribution in [0.5, 0.6) is 0 Å². The molecule has 3 rings (SSSR count). The van der Waals surface area contributed by atoms with E-state index in [2.05, 4.69) is 4.98 Å². The van der Waals surface area contributed by atoms with Gasteiger partial charge in [0.1, 0.15) is 17.7 Å². The number of aromatic nitrogens is 2. The monoisotopic (exact) mass is 285 g/mol. The second-order valence-corrected chi connectivity index (χ2v) is 5.11. The first-order valence-corrected chi connectivity index (χ1v) is 6.73. The number of halogens is 1. The molecule has 0 aliphatic heterocycles. The Labute approximate surface area is 121 Å². The van der Waals surface area contributed by atoms with Crippen LogP contribution in [0.25, 0.3) is 11.0 Å². The van der Waals surface area contributed by atoms with E-state index in [1.54, 1.807) is 25.1 Å². The lowest BCUT2D eigenvalue weighted by Gasteiger charge is -2.11. The molecule has 3 aromatic rings. The van der Waals surface area contributed by atoms with Crippen LogP contribution in [0.4, 0.5) is 10.1 Å². The van der Waals surface area contributed by atoms with Crippen molar-refractivity contribution in [1.29, 1.82) is 0 Å². The highest BCUT2D eigenvalue weighted by molar-refractivity contribution is 5.79. The van der Waals surface area contributed by atoms with Gasteiger partial charge < -0.3 is 15.4 Å². The number of nitrogens with zero attached hydrogens (tertiary/aromatic N) is 2. The molecule has 1 atom stereocenters. The Morgan fingerprint density at radius 3 is 2.81 bits per heavy atom. The Balaban J connectivity index is 2.13. The molecule has 5 heteroatoms. The summed E-state index contributed by atoms with van der Waals surface area (Å²) in [4.78, 5) is 4.43. The number of imidazole rings is 1. The topological polar surface area (TPSA) is 64.1 Å². The van der Waals surface area contributed by atoms with Crippen molar-refractivity contribution >= 4 is 16.7 Å². The molecule has 0 amide bonds. The third-order valence-corrected chi connectivity index (χ3v) is 3.41. The predicted octanol–water partition coefficient (Wildman–Crippen LogP) is 2.86. The number of aliphatic hydroxyl groups excluding tert-OH is 1. The molecule has 108 valence electrons. The molecule has 0 radical (unpaired) electrons. The summed E-state index contributed by atoms with van der Waals surface area (Å²) in [6.07, 6.45) is -0.716. The lowest BCUT2D eigenvalue weighted by atomic mass is 10.2. The molecular formula is C16H16FN3O. The second-order valence-electron chi connectivity index (χ2n) is 5.11. The Hall–Kier alpha value is -2.40. The third kappa shape index (κ3) is 2.60. The van der Waals surface area contributed by atoms with Gasteiger partial charge in [-0.2, -0.15) is 0 Å². The van der Waals surface area contributed by atoms with E-state index in [4.69, 9.17) is 5.73 Å². The van der Waals surface area contributed by atoms with Crippen molar-refractivity contribution in [2.75, 3.05) is 5.73 Å². The highest BCUT2D eigenvalue weighted by Gasteiger charge is 2.15. The molecule has 0 bridgehead atoms. The Morgan fingerprint density at radius 1 is 1.29 bits per heavy atom. The van der Waals surface area contributed by atoms with Crippen molar-refractivity contribution in [2.24, 2.45) is 0 Å². The molecule has 0 saturated carbocycles. The quantitative estimate of drug-likeness (QED) is 0.727. The van der Waals surface area contributed by atoms with Gasteiger partial charge in [-0.05, 0) is 42.8 Å². The molecule has 0 saturated heterocycles. The van der Waals surface area contributed by atoms with Crippen molar-refractivity contribution < 1.29 is 9.50 Å². The molecule has 0 aliphatic rings. The summed E-state index contributed by atoms with van der Waals surface area (Å²) in [6.45, 7) is 2.10. The smallest absolute Gasteiger partial charge is 0.138 e. The standard InChI is InChI=1S/C16H16FN3O/c1-10(21)16-19-14-8-13(18)5-6-15(14)20(16)9-11-3-2-4-12(17)7-11/h2-8,10,21H,9,18H2,1H3. The molecule has 1 heterocycles. The van der Waals surface area contributed by atoms with E-state index >= 15 is 0 Å². The number of aliphatic hydroxyl groups is 1. The average Bonchev–Trinajstić information content (AvgIpc) is 2.77. The maximum absolute atomic E-state index is 13.3. The van der Waals surface area contributed by atoms with Gasteiger partial charge in [-0.15, -0.1) is 0 Å². The highest BCUT2D eigenvalue weighted by atomic mass is 19.1. The van der Waals surface area contributed by atoms with Crippen LogP contribution in [-0.4, -0.2) is 14.7 Å². The zero-order valence-electron chi connectivity index (χ0n) is 11.6. The summed E-state index contributed by atoms with van der Waals surface area (Å²) < 4.78 is 15.2. The molecule has 0 fully saturated rings. The Kier molecular flexibility index (Phi) is 3.35. The number of anilines is 1. The van der Waals surface area contributed by atoms with Gasteiger partial charge in [0.05, 0.1) is 11.0 Å². The van der Waals surface area contributed by atoms with Gasteiger partial charge in [0.15, 0.2) is 0 Å². The largest absolute Gasteiger partial charge is 0.399 e. The average molecular weight is 285 g/mol. The minimum absolute atomic E-state index is 0.278. The van der Waals surface area contributed by atoms with Crippen molar-refractivity contribution in [3.05, 3.63) is 59.7 Å². The van der Waals surface area contributed by atoms with Crippen LogP contribution in [0.15, 0.2) is 42.5 Å². The number of hydrogen-bond donors (Lipinski definition) is 2. The third-order valence-electron chi connectivity index (χ3n) is 3.41. The summed E-state index contributed by atoms with van der Waals surface area (Å²) in [6, 6.07) is 11.8. The maximum Gasteiger partial charge on any atom is 0.138 e. The van der Waals surface area contributed by atoms with Crippen molar-refractivity contribution in [1.82, 2.24) is 9.55 Å². The second kappa shape index (κ2) is 5.18. The number of rotatable bonds is 3. The number of benzene rings is 2. The van der Waals surface area contributed by atoms with E-state index in [-0.39, 0.29) is 5.82 Å².